The highest BCUT2D eigenvalue weighted by Crippen LogP contribution is 2.29. The summed E-state index contributed by atoms with van der Waals surface area (Å²) in [6.07, 6.45) is 0.527. The van der Waals surface area contributed by atoms with Gasteiger partial charge in [0, 0.05) is 24.8 Å². The molecule has 6 nitrogen and oxygen atoms in total. The van der Waals surface area contributed by atoms with Gasteiger partial charge in [-0.1, -0.05) is 17.7 Å². The third-order valence-corrected chi connectivity index (χ3v) is 5.12. The van der Waals surface area contributed by atoms with Crippen LogP contribution in [0.4, 0.5) is 10.1 Å². The molecule has 146 valence electrons. The lowest BCUT2D eigenvalue weighted by Crippen LogP contribution is -2.35. The van der Waals surface area contributed by atoms with E-state index in [1.807, 2.05) is 0 Å². The zero-order chi connectivity index (χ0) is 20.1. The van der Waals surface area contributed by atoms with Crippen molar-refractivity contribution in [1.29, 1.82) is 0 Å². The second kappa shape index (κ2) is 9.01. The van der Waals surface area contributed by atoms with Gasteiger partial charge in [-0.15, -0.1) is 11.3 Å². The number of nitrogens with zero attached hydrogens (tertiary/aromatic N) is 1. The van der Waals surface area contributed by atoms with Gasteiger partial charge in [-0.25, -0.2) is 9.37 Å². The molecule has 4 N–H and O–H groups in total. The summed E-state index contributed by atoms with van der Waals surface area (Å²) < 4.78 is 14.8. The Balaban J connectivity index is 1.54. The van der Waals surface area contributed by atoms with Crippen molar-refractivity contribution in [2.45, 2.75) is 6.10 Å². The minimum atomic E-state index is -0.916. The van der Waals surface area contributed by atoms with Crippen molar-refractivity contribution in [3.63, 3.8) is 0 Å². The molecule has 1 amide bonds. The van der Waals surface area contributed by atoms with Gasteiger partial charge < -0.3 is 20.8 Å². The second-order valence-electron chi connectivity index (χ2n) is 5.92. The van der Waals surface area contributed by atoms with Crippen LogP contribution in [0, 0.1) is 5.82 Å². The molecule has 0 fully saturated rings. The van der Waals surface area contributed by atoms with E-state index in [0.29, 0.717) is 20.3 Å². The maximum absolute atomic E-state index is 14.3. The predicted molar refractivity (Wildman–Crippen MR) is 107 cm³/mol. The van der Waals surface area contributed by atoms with Gasteiger partial charge in [-0.2, -0.15) is 0 Å². The minimum Gasteiger partial charge on any atom is -0.493 e. The molecule has 2 heterocycles. The van der Waals surface area contributed by atoms with E-state index in [1.165, 1.54) is 18.3 Å². The van der Waals surface area contributed by atoms with Crippen LogP contribution in [0.2, 0.25) is 4.34 Å². The first-order chi connectivity index (χ1) is 13.4. The molecule has 28 heavy (non-hydrogen) atoms. The first-order valence-corrected chi connectivity index (χ1v) is 9.53. The number of pyridine rings is 1. The number of rotatable bonds is 7. The Bertz CT molecular complexity index is 983. The monoisotopic (exact) mass is 421 g/mol. The molecule has 0 radical (unpaired) electrons. The van der Waals surface area contributed by atoms with Crippen LogP contribution in [-0.2, 0) is 0 Å². The fourth-order valence-electron chi connectivity index (χ4n) is 2.48. The summed E-state index contributed by atoms with van der Waals surface area (Å²) in [5.41, 5.74) is 1.10. The summed E-state index contributed by atoms with van der Waals surface area (Å²) in [6.45, 7) is 0.0461. The normalized spacial score (nSPS) is 11.8. The zero-order valence-electron chi connectivity index (χ0n) is 14.5. The van der Waals surface area contributed by atoms with E-state index in [1.54, 1.807) is 30.3 Å². The number of halogens is 2. The third kappa shape index (κ3) is 4.98. The van der Waals surface area contributed by atoms with E-state index in [4.69, 9.17) is 11.6 Å². The number of aliphatic hydroxyl groups is 1. The van der Waals surface area contributed by atoms with E-state index < -0.39 is 11.9 Å². The van der Waals surface area contributed by atoms with Crippen LogP contribution in [0.1, 0.15) is 9.67 Å². The Morgan fingerprint density at radius 3 is 2.75 bits per heavy atom. The average Bonchev–Trinajstić information content (AvgIpc) is 3.12. The van der Waals surface area contributed by atoms with Crippen molar-refractivity contribution in [3.8, 4) is 17.0 Å². The van der Waals surface area contributed by atoms with E-state index in [0.717, 1.165) is 11.3 Å². The molecular formula is C19H17ClFN3O3S. The maximum atomic E-state index is 14.3. The second-order valence-corrected chi connectivity index (χ2v) is 7.63. The van der Waals surface area contributed by atoms with Crippen molar-refractivity contribution in [1.82, 2.24) is 10.3 Å². The highest BCUT2D eigenvalue weighted by molar-refractivity contribution is 7.17. The van der Waals surface area contributed by atoms with Crippen molar-refractivity contribution in [3.05, 3.63) is 63.7 Å². The van der Waals surface area contributed by atoms with Gasteiger partial charge in [0.15, 0.2) is 0 Å². The number of aromatic nitrogens is 1. The lowest BCUT2D eigenvalue weighted by molar-refractivity contribution is 0.0926. The SMILES string of the molecule is O=C(NC[C@@H](O)CNc1ccc(-c2cccnc2O)cc1F)c1ccc(Cl)s1. The first-order valence-electron chi connectivity index (χ1n) is 8.33. The van der Waals surface area contributed by atoms with Gasteiger partial charge in [0.1, 0.15) is 5.82 Å². The fourth-order valence-corrected chi connectivity index (χ4v) is 3.44. The van der Waals surface area contributed by atoms with Crippen LogP contribution < -0.4 is 10.6 Å². The molecule has 0 aliphatic rings. The number of benzene rings is 1. The Morgan fingerprint density at radius 2 is 2.07 bits per heavy atom. The average molecular weight is 422 g/mol. The molecular weight excluding hydrogens is 405 g/mol. The van der Waals surface area contributed by atoms with Crippen molar-refractivity contribution in [2.75, 3.05) is 18.4 Å². The van der Waals surface area contributed by atoms with Gasteiger partial charge in [0.05, 0.1) is 21.0 Å². The van der Waals surface area contributed by atoms with Gasteiger partial charge in [0.2, 0.25) is 5.88 Å². The number of carbonyl (C=O) groups excluding carboxylic acids is 1. The number of amides is 1. The minimum absolute atomic E-state index is 0.00458. The maximum Gasteiger partial charge on any atom is 0.261 e. The van der Waals surface area contributed by atoms with Gasteiger partial charge in [-0.3, -0.25) is 4.79 Å². The molecule has 9 heteroatoms. The Hall–Kier alpha value is -2.68. The van der Waals surface area contributed by atoms with Crippen LogP contribution in [0.3, 0.4) is 0 Å². The molecule has 0 saturated carbocycles. The summed E-state index contributed by atoms with van der Waals surface area (Å²) in [7, 11) is 0. The Morgan fingerprint density at radius 1 is 1.25 bits per heavy atom. The molecule has 0 saturated heterocycles. The number of hydrogen-bond donors (Lipinski definition) is 4. The standard InChI is InChI=1S/C19H17ClFN3O3S/c20-17-6-5-16(28-17)19(27)24-10-12(25)9-23-15-4-3-11(8-14(15)21)13-2-1-7-22-18(13)26/h1-8,12,23,25H,9-10H2,(H,22,26)(H,24,27)/t12-/m0/s1. The molecule has 0 aliphatic carbocycles. The summed E-state index contributed by atoms with van der Waals surface area (Å²) in [4.78, 5) is 16.1. The highest BCUT2D eigenvalue weighted by atomic mass is 35.5. The third-order valence-electron chi connectivity index (χ3n) is 3.89. The first kappa shape index (κ1) is 20.1. The number of aromatic hydroxyl groups is 1. The smallest absolute Gasteiger partial charge is 0.261 e. The summed E-state index contributed by atoms with van der Waals surface area (Å²) >= 11 is 6.93. The molecule has 3 aromatic rings. The number of carbonyl (C=O) groups is 1. The number of aliphatic hydroxyl groups excluding tert-OH is 1. The van der Waals surface area contributed by atoms with E-state index in [9.17, 15) is 19.4 Å². The van der Waals surface area contributed by atoms with Gasteiger partial charge >= 0.3 is 0 Å². The van der Waals surface area contributed by atoms with Gasteiger partial charge in [0.25, 0.3) is 5.91 Å². The molecule has 1 aromatic carbocycles. The van der Waals surface area contributed by atoms with Crippen molar-refractivity contribution < 1.29 is 19.4 Å². The van der Waals surface area contributed by atoms with Crippen LogP contribution in [0.15, 0.2) is 48.7 Å². The lowest BCUT2D eigenvalue weighted by Gasteiger charge is -2.14. The van der Waals surface area contributed by atoms with Crippen molar-refractivity contribution in [2.24, 2.45) is 0 Å². The summed E-state index contributed by atoms with van der Waals surface area (Å²) in [5, 5.41) is 25.2. The molecule has 0 unspecified atom stereocenters. The Kier molecular flexibility index (Phi) is 6.45. The molecule has 0 bridgehead atoms. The van der Waals surface area contributed by atoms with Crippen LogP contribution in [0.5, 0.6) is 5.88 Å². The Labute approximate surface area is 169 Å². The molecule has 0 aliphatic heterocycles. The van der Waals surface area contributed by atoms with Crippen LogP contribution in [-0.4, -0.2) is 40.3 Å². The van der Waals surface area contributed by atoms with Crippen LogP contribution >= 0.6 is 22.9 Å². The lowest BCUT2D eigenvalue weighted by atomic mass is 10.1. The van der Waals surface area contributed by atoms with Crippen molar-refractivity contribution >= 4 is 34.5 Å². The van der Waals surface area contributed by atoms with E-state index in [-0.39, 0.29) is 30.6 Å². The fraction of sp³-hybridized carbons (Fsp3) is 0.158. The number of anilines is 1. The largest absolute Gasteiger partial charge is 0.493 e. The molecule has 2 aromatic heterocycles. The number of hydrogen-bond acceptors (Lipinski definition) is 6. The topological polar surface area (TPSA) is 94.5 Å². The van der Waals surface area contributed by atoms with Crippen LogP contribution in [0.25, 0.3) is 11.1 Å². The molecule has 0 spiro atoms. The predicted octanol–water partition coefficient (Wildman–Crippen LogP) is 3.51. The van der Waals surface area contributed by atoms with E-state index in [2.05, 4.69) is 15.6 Å². The highest BCUT2D eigenvalue weighted by Gasteiger charge is 2.13. The van der Waals surface area contributed by atoms with Gasteiger partial charge in [-0.05, 0) is 42.0 Å². The zero-order valence-corrected chi connectivity index (χ0v) is 16.1. The summed E-state index contributed by atoms with van der Waals surface area (Å²) in [5.74, 6) is -1.05. The quantitative estimate of drug-likeness (QED) is 0.468. The number of nitrogens with one attached hydrogen (secondary N) is 2. The number of thiophene rings is 1. The molecule has 3 rings (SSSR count). The van der Waals surface area contributed by atoms with E-state index >= 15 is 0 Å². The summed E-state index contributed by atoms with van der Waals surface area (Å²) in [6, 6.07) is 10.9. The molecule has 1 atom stereocenters.